The summed E-state index contributed by atoms with van der Waals surface area (Å²) < 4.78 is 0. The normalized spacial score (nSPS) is 19.7. The number of pyridine rings is 1. The summed E-state index contributed by atoms with van der Waals surface area (Å²) in [5, 5.41) is 9.15. The van der Waals surface area contributed by atoms with Crippen molar-refractivity contribution in [2.75, 3.05) is 18.0 Å². The average Bonchev–Trinajstić information content (AvgIpc) is 2.64. The summed E-state index contributed by atoms with van der Waals surface area (Å²) >= 11 is 0. The Hall–Kier alpha value is -1.58. The predicted molar refractivity (Wildman–Crippen MR) is 80.4 cm³/mol. The number of aromatic carboxylic acids is 1. The second-order valence-corrected chi connectivity index (χ2v) is 5.73. The molecule has 1 N–H and O–H groups in total. The Morgan fingerprint density at radius 2 is 2.20 bits per heavy atom. The van der Waals surface area contributed by atoms with E-state index in [4.69, 9.17) is 5.11 Å². The molecule has 0 aromatic carbocycles. The van der Waals surface area contributed by atoms with E-state index in [0.29, 0.717) is 5.56 Å². The van der Waals surface area contributed by atoms with Crippen molar-refractivity contribution in [3.63, 3.8) is 0 Å². The zero-order valence-electron chi connectivity index (χ0n) is 12.4. The van der Waals surface area contributed by atoms with Gasteiger partial charge in [-0.05, 0) is 44.2 Å². The first kappa shape index (κ1) is 14.8. The fourth-order valence-corrected chi connectivity index (χ4v) is 3.03. The number of carboxylic acids is 1. The Labute approximate surface area is 120 Å². The monoisotopic (exact) mass is 276 g/mol. The molecule has 2 heterocycles. The van der Waals surface area contributed by atoms with Gasteiger partial charge in [-0.15, -0.1) is 0 Å². The highest BCUT2D eigenvalue weighted by atomic mass is 16.4. The number of carbonyl (C=O) groups is 1. The maximum atomic E-state index is 11.1. The molecule has 1 aromatic heterocycles. The van der Waals surface area contributed by atoms with Crippen LogP contribution in [0.4, 0.5) is 5.82 Å². The van der Waals surface area contributed by atoms with E-state index < -0.39 is 5.97 Å². The largest absolute Gasteiger partial charge is 0.478 e. The van der Waals surface area contributed by atoms with Gasteiger partial charge >= 0.3 is 5.97 Å². The van der Waals surface area contributed by atoms with Crippen molar-refractivity contribution in [2.45, 2.75) is 46.0 Å². The van der Waals surface area contributed by atoms with Crippen LogP contribution in [0.5, 0.6) is 0 Å². The average molecular weight is 276 g/mol. The fraction of sp³-hybridized carbons (Fsp3) is 0.625. The first-order chi connectivity index (χ1) is 9.60. The molecular weight excluding hydrogens is 252 g/mol. The molecule has 1 aliphatic heterocycles. The third-order valence-corrected chi connectivity index (χ3v) is 4.06. The number of hydrogen-bond acceptors (Lipinski definition) is 3. The minimum Gasteiger partial charge on any atom is -0.478 e. The summed E-state index contributed by atoms with van der Waals surface area (Å²) in [6.45, 7) is 6.06. The van der Waals surface area contributed by atoms with E-state index in [2.05, 4.69) is 16.8 Å². The van der Waals surface area contributed by atoms with E-state index in [9.17, 15) is 4.79 Å². The van der Waals surface area contributed by atoms with Gasteiger partial charge in [-0.25, -0.2) is 9.78 Å². The third-order valence-electron chi connectivity index (χ3n) is 4.06. The highest BCUT2D eigenvalue weighted by Gasteiger charge is 2.18. The van der Waals surface area contributed by atoms with Gasteiger partial charge < -0.3 is 10.0 Å². The van der Waals surface area contributed by atoms with Crippen LogP contribution in [-0.2, 0) is 0 Å². The summed E-state index contributed by atoms with van der Waals surface area (Å²) in [6.07, 6.45) is 6.18. The van der Waals surface area contributed by atoms with Crippen molar-refractivity contribution in [1.29, 1.82) is 0 Å². The summed E-state index contributed by atoms with van der Waals surface area (Å²) in [5.41, 5.74) is 1.11. The van der Waals surface area contributed by atoms with Crippen LogP contribution in [0.3, 0.4) is 0 Å². The van der Waals surface area contributed by atoms with Gasteiger partial charge in [-0.3, -0.25) is 0 Å². The van der Waals surface area contributed by atoms with Crippen molar-refractivity contribution in [1.82, 2.24) is 4.98 Å². The molecule has 1 fully saturated rings. The number of carboxylic acid groups (broad SMARTS) is 1. The first-order valence-electron chi connectivity index (χ1n) is 7.57. The zero-order chi connectivity index (χ0) is 14.5. The lowest BCUT2D eigenvalue weighted by Gasteiger charge is -2.22. The molecule has 2 rings (SSSR count). The zero-order valence-corrected chi connectivity index (χ0v) is 12.4. The topological polar surface area (TPSA) is 53.4 Å². The third kappa shape index (κ3) is 3.71. The number of rotatable bonds is 4. The van der Waals surface area contributed by atoms with E-state index >= 15 is 0 Å². The molecule has 4 nitrogen and oxygen atoms in total. The predicted octanol–water partition coefficient (Wildman–Crippen LogP) is 3.49. The molecule has 1 unspecified atom stereocenters. The van der Waals surface area contributed by atoms with Crippen molar-refractivity contribution < 1.29 is 9.90 Å². The van der Waals surface area contributed by atoms with Crippen LogP contribution in [0, 0.1) is 12.8 Å². The number of aryl methyl sites for hydroxylation is 1. The van der Waals surface area contributed by atoms with Crippen LogP contribution in [-0.4, -0.2) is 29.1 Å². The molecule has 0 saturated carbocycles. The molecule has 20 heavy (non-hydrogen) atoms. The Bertz CT molecular complexity index is 474. The first-order valence-corrected chi connectivity index (χ1v) is 7.57. The van der Waals surface area contributed by atoms with Gasteiger partial charge in [0.1, 0.15) is 5.82 Å². The SMILES string of the molecule is CCCC1CCCN(c2cc(C(=O)O)cc(C)n2)CC1. The molecule has 0 amide bonds. The maximum absolute atomic E-state index is 11.1. The summed E-state index contributed by atoms with van der Waals surface area (Å²) in [7, 11) is 0. The van der Waals surface area contributed by atoms with Crippen molar-refractivity contribution in [3.8, 4) is 0 Å². The number of hydrogen-bond donors (Lipinski definition) is 1. The Kier molecular flexibility index (Phi) is 4.99. The number of anilines is 1. The molecule has 1 aliphatic rings. The maximum Gasteiger partial charge on any atom is 0.335 e. The van der Waals surface area contributed by atoms with Crippen LogP contribution in [0.1, 0.15) is 55.1 Å². The molecule has 0 bridgehead atoms. The van der Waals surface area contributed by atoms with Gasteiger partial charge in [0, 0.05) is 18.8 Å². The van der Waals surface area contributed by atoms with Gasteiger partial charge in [-0.2, -0.15) is 0 Å². The standard InChI is InChI=1S/C16H24N2O2/c1-3-5-13-6-4-8-18(9-7-13)15-11-14(16(19)20)10-12(2)17-15/h10-11,13H,3-9H2,1-2H3,(H,19,20). The highest BCUT2D eigenvalue weighted by Crippen LogP contribution is 2.25. The van der Waals surface area contributed by atoms with Gasteiger partial charge in [0.05, 0.1) is 5.56 Å². The Morgan fingerprint density at radius 1 is 1.40 bits per heavy atom. The quantitative estimate of drug-likeness (QED) is 0.914. The van der Waals surface area contributed by atoms with E-state index in [1.54, 1.807) is 12.1 Å². The number of nitrogens with zero attached hydrogens (tertiary/aromatic N) is 2. The van der Waals surface area contributed by atoms with Crippen LogP contribution >= 0.6 is 0 Å². The number of aromatic nitrogens is 1. The minimum absolute atomic E-state index is 0.335. The molecule has 0 radical (unpaired) electrons. The van der Waals surface area contributed by atoms with Crippen LogP contribution in [0.15, 0.2) is 12.1 Å². The lowest BCUT2D eigenvalue weighted by atomic mass is 9.96. The smallest absolute Gasteiger partial charge is 0.335 e. The van der Waals surface area contributed by atoms with E-state index in [-0.39, 0.29) is 0 Å². The molecule has 4 heteroatoms. The molecule has 0 aliphatic carbocycles. The van der Waals surface area contributed by atoms with Gasteiger partial charge in [-0.1, -0.05) is 19.8 Å². The van der Waals surface area contributed by atoms with Crippen molar-refractivity contribution >= 4 is 11.8 Å². The minimum atomic E-state index is -0.879. The van der Waals surface area contributed by atoms with Gasteiger partial charge in [0.2, 0.25) is 0 Å². The van der Waals surface area contributed by atoms with Gasteiger partial charge in [0.25, 0.3) is 0 Å². The lowest BCUT2D eigenvalue weighted by Crippen LogP contribution is -2.25. The summed E-state index contributed by atoms with van der Waals surface area (Å²) in [6, 6.07) is 3.33. The molecular formula is C16H24N2O2. The lowest BCUT2D eigenvalue weighted by molar-refractivity contribution is 0.0696. The molecule has 0 spiro atoms. The van der Waals surface area contributed by atoms with E-state index in [1.807, 2.05) is 6.92 Å². The van der Waals surface area contributed by atoms with Crippen LogP contribution in [0.25, 0.3) is 0 Å². The van der Waals surface area contributed by atoms with E-state index in [0.717, 1.165) is 30.5 Å². The van der Waals surface area contributed by atoms with Gasteiger partial charge in [0.15, 0.2) is 0 Å². The van der Waals surface area contributed by atoms with Crippen molar-refractivity contribution in [2.24, 2.45) is 5.92 Å². The van der Waals surface area contributed by atoms with Crippen LogP contribution in [0.2, 0.25) is 0 Å². The summed E-state index contributed by atoms with van der Waals surface area (Å²) in [4.78, 5) is 17.9. The second-order valence-electron chi connectivity index (χ2n) is 5.73. The molecule has 1 aromatic rings. The van der Waals surface area contributed by atoms with E-state index in [1.165, 1.54) is 32.1 Å². The highest BCUT2D eigenvalue weighted by molar-refractivity contribution is 5.88. The Morgan fingerprint density at radius 3 is 2.90 bits per heavy atom. The Balaban J connectivity index is 2.13. The van der Waals surface area contributed by atoms with Crippen molar-refractivity contribution in [3.05, 3.63) is 23.4 Å². The van der Waals surface area contributed by atoms with Crippen LogP contribution < -0.4 is 4.90 Å². The molecule has 1 atom stereocenters. The summed E-state index contributed by atoms with van der Waals surface area (Å²) in [5.74, 6) is 0.753. The fourth-order valence-electron chi connectivity index (χ4n) is 3.03. The molecule has 110 valence electrons. The molecule has 1 saturated heterocycles. The second kappa shape index (κ2) is 6.73.